The molecule has 1 rings (SSSR count). The summed E-state index contributed by atoms with van der Waals surface area (Å²) in [6.07, 6.45) is 2.28. The second-order valence-corrected chi connectivity index (χ2v) is 4.07. The highest BCUT2D eigenvalue weighted by molar-refractivity contribution is 8.13. The maximum Gasteiger partial charge on any atom is 0.296 e. The first-order valence-corrected chi connectivity index (χ1v) is 4.83. The van der Waals surface area contributed by atoms with Gasteiger partial charge in [0.25, 0.3) is 14.2 Å². The van der Waals surface area contributed by atoms with E-state index in [2.05, 4.69) is 16.7 Å². The zero-order valence-electron chi connectivity index (χ0n) is 5.31. The van der Waals surface area contributed by atoms with Gasteiger partial charge in [0, 0.05) is 16.9 Å². The Bertz CT molecular complexity index is 368. The van der Waals surface area contributed by atoms with Crippen molar-refractivity contribution in [2.75, 3.05) is 0 Å². The van der Waals surface area contributed by atoms with Crippen LogP contribution in [0.3, 0.4) is 0 Å². The third kappa shape index (κ3) is 1.58. The van der Waals surface area contributed by atoms with Crippen LogP contribution >= 0.6 is 10.7 Å². The summed E-state index contributed by atoms with van der Waals surface area (Å²) in [4.78, 5) is 3.42. The zero-order chi connectivity index (χ0) is 8.48. The van der Waals surface area contributed by atoms with Crippen molar-refractivity contribution >= 4 is 25.9 Å². The van der Waals surface area contributed by atoms with E-state index in [-0.39, 0.29) is 5.16 Å². The van der Waals surface area contributed by atoms with Crippen LogP contribution in [0.15, 0.2) is 18.1 Å². The Morgan fingerprint density at radius 3 is 2.73 bits per heavy atom. The van der Waals surface area contributed by atoms with Crippen molar-refractivity contribution in [2.45, 2.75) is 5.16 Å². The van der Waals surface area contributed by atoms with Crippen LogP contribution in [0.5, 0.6) is 0 Å². The lowest BCUT2D eigenvalue weighted by Gasteiger charge is -1.92. The molecule has 60 valence electrons. The van der Waals surface area contributed by atoms with E-state index in [0.29, 0.717) is 0 Å². The van der Waals surface area contributed by atoms with Crippen LogP contribution in [0.2, 0.25) is 0 Å². The molecular formula is C4H4ClN3O2S. The molecule has 0 aliphatic carbocycles. The van der Waals surface area contributed by atoms with Gasteiger partial charge in [0.2, 0.25) is 0 Å². The molecule has 0 radical (unpaired) electrons. The summed E-state index contributed by atoms with van der Waals surface area (Å²) in [7, 11) is 1.17. The standard InChI is InChI=1S/C4H4ClN3O2S/c1-2-8-4(6-3-7-8)11(5,9)10/h2-3H,1H2. The van der Waals surface area contributed by atoms with Crippen LogP contribution in [-0.4, -0.2) is 23.2 Å². The Kier molecular flexibility index (Phi) is 1.97. The van der Waals surface area contributed by atoms with E-state index in [1.807, 2.05) is 0 Å². The van der Waals surface area contributed by atoms with Gasteiger partial charge in [-0.1, -0.05) is 6.58 Å². The molecule has 0 saturated heterocycles. The predicted octanol–water partition coefficient (Wildman–Crippen LogP) is 0.306. The highest BCUT2D eigenvalue weighted by atomic mass is 35.7. The van der Waals surface area contributed by atoms with Crippen molar-refractivity contribution in [1.82, 2.24) is 14.8 Å². The topological polar surface area (TPSA) is 64.8 Å². The van der Waals surface area contributed by atoms with Crippen LogP contribution in [0, 0.1) is 0 Å². The van der Waals surface area contributed by atoms with Crippen molar-refractivity contribution in [1.29, 1.82) is 0 Å². The molecular weight excluding hydrogens is 190 g/mol. The largest absolute Gasteiger partial charge is 0.296 e. The number of aromatic nitrogens is 3. The van der Waals surface area contributed by atoms with Crippen molar-refractivity contribution < 1.29 is 8.42 Å². The molecule has 1 heterocycles. The molecule has 0 aliphatic rings. The monoisotopic (exact) mass is 193 g/mol. The Labute approximate surface area is 67.7 Å². The molecule has 0 fully saturated rings. The summed E-state index contributed by atoms with van der Waals surface area (Å²) in [6.45, 7) is 3.31. The van der Waals surface area contributed by atoms with Crippen LogP contribution in [0.4, 0.5) is 0 Å². The smallest absolute Gasteiger partial charge is 0.211 e. The second-order valence-electron chi connectivity index (χ2n) is 1.61. The Hall–Kier alpha value is -0.880. The van der Waals surface area contributed by atoms with Gasteiger partial charge in [-0.3, -0.25) is 0 Å². The molecule has 0 unspecified atom stereocenters. The van der Waals surface area contributed by atoms with Crippen LogP contribution in [0.1, 0.15) is 0 Å². The van der Waals surface area contributed by atoms with Crippen molar-refractivity contribution in [3.8, 4) is 0 Å². The quantitative estimate of drug-likeness (QED) is 0.634. The van der Waals surface area contributed by atoms with Crippen molar-refractivity contribution in [3.05, 3.63) is 12.9 Å². The molecule has 5 nitrogen and oxygen atoms in total. The third-order valence-electron chi connectivity index (χ3n) is 0.931. The lowest BCUT2D eigenvalue weighted by Crippen LogP contribution is -2.01. The minimum Gasteiger partial charge on any atom is -0.211 e. The van der Waals surface area contributed by atoms with Gasteiger partial charge in [0.05, 0.1) is 0 Å². The second kappa shape index (κ2) is 2.63. The molecule has 11 heavy (non-hydrogen) atoms. The van der Waals surface area contributed by atoms with Gasteiger partial charge < -0.3 is 0 Å². The first-order valence-electron chi connectivity index (χ1n) is 2.52. The van der Waals surface area contributed by atoms with Gasteiger partial charge in [-0.15, -0.1) is 0 Å². The molecule has 0 N–H and O–H groups in total. The van der Waals surface area contributed by atoms with Gasteiger partial charge in [-0.25, -0.2) is 18.1 Å². The Balaban J connectivity index is 3.35. The van der Waals surface area contributed by atoms with E-state index in [0.717, 1.165) is 11.0 Å². The fourth-order valence-corrected chi connectivity index (χ4v) is 1.39. The molecule has 0 bridgehead atoms. The average molecular weight is 194 g/mol. The number of hydrogen-bond donors (Lipinski definition) is 0. The van der Waals surface area contributed by atoms with E-state index >= 15 is 0 Å². The lowest BCUT2D eigenvalue weighted by atomic mass is 11.0. The highest BCUT2D eigenvalue weighted by Gasteiger charge is 2.16. The summed E-state index contributed by atoms with van der Waals surface area (Å²) < 4.78 is 22.3. The van der Waals surface area contributed by atoms with E-state index in [1.54, 1.807) is 0 Å². The summed E-state index contributed by atoms with van der Waals surface area (Å²) in [5.41, 5.74) is 0. The fourth-order valence-electron chi connectivity index (χ4n) is 0.539. The SMILES string of the molecule is C=Cn1ncnc1S(=O)(=O)Cl. The maximum atomic E-state index is 10.7. The van der Waals surface area contributed by atoms with Gasteiger partial charge >= 0.3 is 0 Å². The van der Waals surface area contributed by atoms with E-state index in [9.17, 15) is 8.42 Å². The minimum absolute atomic E-state index is 0.325. The molecule has 1 aromatic rings. The van der Waals surface area contributed by atoms with E-state index in [4.69, 9.17) is 10.7 Å². The molecule has 0 aliphatic heterocycles. The first kappa shape index (κ1) is 8.22. The zero-order valence-corrected chi connectivity index (χ0v) is 6.88. The van der Waals surface area contributed by atoms with E-state index in [1.165, 1.54) is 6.20 Å². The number of rotatable bonds is 2. The summed E-state index contributed by atoms with van der Waals surface area (Å²) >= 11 is 0. The molecule has 0 amide bonds. The fraction of sp³-hybridized carbons (Fsp3) is 0. The normalized spacial score (nSPS) is 11.4. The number of nitrogens with zero attached hydrogens (tertiary/aromatic N) is 3. The van der Waals surface area contributed by atoms with E-state index < -0.39 is 9.05 Å². The maximum absolute atomic E-state index is 10.7. The van der Waals surface area contributed by atoms with Gasteiger partial charge in [-0.2, -0.15) is 5.10 Å². The predicted molar refractivity (Wildman–Crippen MR) is 39.4 cm³/mol. The summed E-state index contributed by atoms with van der Waals surface area (Å²) in [6, 6.07) is 0. The molecule has 0 saturated carbocycles. The lowest BCUT2D eigenvalue weighted by molar-refractivity contribution is 0.597. The van der Waals surface area contributed by atoms with Crippen LogP contribution < -0.4 is 0 Å². The molecule has 1 aromatic heterocycles. The summed E-state index contributed by atoms with van der Waals surface area (Å²) in [5.74, 6) is 0. The first-order chi connectivity index (χ1) is 5.05. The van der Waals surface area contributed by atoms with Crippen molar-refractivity contribution in [2.24, 2.45) is 0 Å². The molecule has 0 spiro atoms. The Morgan fingerprint density at radius 1 is 1.73 bits per heavy atom. The highest BCUT2D eigenvalue weighted by Crippen LogP contribution is 2.09. The van der Waals surface area contributed by atoms with Gasteiger partial charge in [0.15, 0.2) is 0 Å². The Morgan fingerprint density at radius 2 is 2.36 bits per heavy atom. The van der Waals surface area contributed by atoms with Crippen LogP contribution in [-0.2, 0) is 9.05 Å². The van der Waals surface area contributed by atoms with Crippen molar-refractivity contribution in [3.63, 3.8) is 0 Å². The molecule has 7 heteroatoms. The summed E-state index contributed by atoms with van der Waals surface area (Å²) in [5, 5.41) is 3.20. The minimum atomic E-state index is -3.81. The van der Waals surface area contributed by atoms with Gasteiger partial charge in [0.1, 0.15) is 6.33 Å². The number of halogens is 1. The third-order valence-corrected chi connectivity index (χ3v) is 2.07. The van der Waals surface area contributed by atoms with Gasteiger partial charge in [-0.05, 0) is 0 Å². The van der Waals surface area contributed by atoms with Crippen LogP contribution in [0.25, 0.3) is 6.20 Å². The molecule has 0 aromatic carbocycles. The number of hydrogen-bond acceptors (Lipinski definition) is 4. The molecule has 0 atom stereocenters. The average Bonchev–Trinajstić information content (AvgIpc) is 2.31.